The van der Waals surface area contributed by atoms with E-state index in [1.807, 2.05) is 18.2 Å². The van der Waals surface area contributed by atoms with Crippen molar-refractivity contribution in [1.29, 1.82) is 0 Å². The van der Waals surface area contributed by atoms with Gasteiger partial charge in [-0.3, -0.25) is 4.90 Å². The van der Waals surface area contributed by atoms with Crippen molar-refractivity contribution in [3.8, 4) is 22.3 Å². The molecule has 0 spiro atoms. The van der Waals surface area contributed by atoms with Gasteiger partial charge in [0.1, 0.15) is 0 Å². The summed E-state index contributed by atoms with van der Waals surface area (Å²) < 4.78 is 39.3. The predicted molar refractivity (Wildman–Crippen MR) is 131 cm³/mol. The van der Waals surface area contributed by atoms with E-state index in [4.69, 9.17) is 11.6 Å². The van der Waals surface area contributed by atoms with Crippen LogP contribution in [0, 0.1) is 0 Å². The first-order chi connectivity index (χ1) is 17.3. The van der Waals surface area contributed by atoms with E-state index in [1.165, 1.54) is 11.8 Å². The molecule has 6 nitrogen and oxygen atoms in total. The van der Waals surface area contributed by atoms with E-state index >= 15 is 0 Å². The Morgan fingerprint density at radius 3 is 2.47 bits per heavy atom. The van der Waals surface area contributed by atoms with Crippen molar-refractivity contribution in [2.45, 2.75) is 12.7 Å². The van der Waals surface area contributed by atoms with Crippen LogP contribution in [0.2, 0.25) is 5.02 Å². The summed E-state index contributed by atoms with van der Waals surface area (Å²) in [6.45, 7) is 4.84. The highest BCUT2D eigenvalue weighted by molar-refractivity contribution is 6.30. The molecule has 36 heavy (non-hydrogen) atoms. The lowest BCUT2D eigenvalue weighted by atomic mass is 10.0. The number of nitrogens with one attached hydrogen (secondary N) is 1. The smallest absolute Gasteiger partial charge is 0.326 e. The normalized spacial score (nSPS) is 14.8. The molecule has 0 unspecified atom stereocenters. The number of carbonyl (C=O) groups is 1. The second-order valence-corrected chi connectivity index (χ2v) is 9.01. The Labute approximate surface area is 210 Å². The topological polar surface area (TPSA) is 59.4 Å². The third-order valence-electron chi connectivity index (χ3n) is 6.06. The molecular weight excluding hydrogens is 493 g/mol. The van der Waals surface area contributed by atoms with Crippen molar-refractivity contribution < 1.29 is 22.8 Å². The number of benzene rings is 2. The van der Waals surface area contributed by atoms with Gasteiger partial charge in [0.05, 0.1) is 6.20 Å². The Kier molecular flexibility index (Phi) is 6.70. The highest BCUT2D eigenvalue weighted by atomic mass is 35.5. The number of hydrogen-bond acceptors (Lipinski definition) is 5. The van der Waals surface area contributed by atoms with Gasteiger partial charge in [0, 0.05) is 60.5 Å². The van der Waals surface area contributed by atoms with Gasteiger partial charge in [-0.25, -0.2) is 9.78 Å². The summed E-state index contributed by atoms with van der Waals surface area (Å²) in [5.41, 5.74) is 4.15. The van der Waals surface area contributed by atoms with Crippen LogP contribution in [0.15, 0.2) is 67.0 Å². The lowest BCUT2D eigenvalue weighted by molar-refractivity contribution is -0.199. The molecule has 1 saturated heterocycles. The number of hydrogen-bond donors (Lipinski definition) is 1. The minimum atomic E-state index is -5.14. The van der Waals surface area contributed by atoms with Gasteiger partial charge in [0.15, 0.2) is 5.65 Å². The first kappa shape index (κ1) is 24.3. The maximum atomic E-state index is 12.9. The van der Waals surface area contributed by atoms with E-state index < -0.39 is 12.1 Å². The largest absolute Gasteiger partial charge is 0.493 e. The van der Waals surface area contributed by atoms with E-state index in [1.54, 1.807) is 30.5 Å². The van der Waals surface area contributed by atoms with Crippen molar-refractivity contribution in [1.82, 2.24) is 19.9 Å². The number of alkyl halides is 3. The minimum absolute atomic E-state index is 0.0849. The number of carbonyl (C=O) groups excluding carboxylic acids is 1. The van der Waals surface area contributed by atoms with Crippen LogP contribution >= 0.6 is 11.6 Å². The monoisotopic (exact) mass is 514 g/mol. The van der Waals surface area contributed by atoms with Gasteiger partial charge in [-0.15, -0.1) is 0 Å². The molecule has 186 valence electrons. The van der Waals surface area contributed by atoms with Gasteiger partial charge in [-0.1, -0.05) is 48.0 Å². The fourth-order valence-electron chi connectivity index (χ4n) is 4.26. The Morgan fingerprint density at radius 1 is 1.03 bits per heavy atom. The van der Waals surface area contributed by atoms with Crippen molar-refractivity contribution in [2.24, 2.45) is 0 Å². The van der Waals surface area contributed by atoms with Crippen LogP contribution in [-0.4, -0.2) is 52.9 Å². The zero-order chi connectivity index (χ0) is 25.3. The molecule has 2 aromatic carbocycles. The second-order valence-electron chi connectivity index (χ2n) is 8.57. The van der Waals surface area contributed by atoms with Crippen LogP contribution in [0.5, 0.6) is 0 Å². The van der Waals surface area contributed by atoms with Crippen LogP contribution in [0.3, 0.4) is 0 Å². The zero-order valence-electron chi connectivity index (χ0n) is 19.1. The van der Waals surface area contributed by atoms with E-state index in [9.17, 15) is 18.0 Å². The lowest BCUT2D eigenvalue weighted by Gasteiger charge is -2.27. The third-order valence-corrected chi connectivity index (χ3v) is 6.30. The SMILES string of the molecule is O=C(On1cc(-c2cccc(Cl)c2)c2cc(-c3ccc(CN4CCNCC4)cc3)cnc21)C(F)(F)F. The number of fused-ring (bicyclic) bond motifs is 1. The van der Waals surface area contributed by atoms with Crippen LogP contribution in [0.1, 0.15) is 5.56 Å². The average molecular weight is 515 g/mol. The van der Waals surface area contributed by atoms with Gasteiger partial charge in [-0.2, -0.15) is 17.9 Å². The molecular formula is C26H22ClF3N4O2. The van der Waals surface area contributed by atoms with E-state index in [2.05, 4.69) is 32.2 Å². The van der Waals surface area contributed by atoms with Crippen molar-refractivity contribution in [2.75, 3.05) is 26.2 Å². The number of aromatic nitrogens is 2. The molecule has 0 radical (unpaired) electrons. The quantitative estimate of drug-likeness (QED) is 0.408. The molecule has 1 fully saturated rings. The Hall–Kier alpha value is -3.40. The molecule has 0 amide bonds. The lowest BCUT2D eigenvalue weighted by Crippen LogP contribution is -2.42. The average Bonchev–Trinajstić information content (AvgIpc) is 3.22. The number of nitrogens with zero attached hydrogens (tertiary/aromatic N) is 3. The molecule has 1 aliphatic rings. The van der Waals surface area contributed by atoms with Gasteiger partial charge < -0.3 is 10.2 Å². The van der Waals surface area contributed by atoms with E-state index in [0.717, 1.165) is 48.6 Å². The maximum Gasteiger partial charge on any atom is 0.493 e. The summed E-state index contributed by atoms with van der Waals surface area (Å²) in [5.74, 6) is -2.33. The van der Waals surface area contributed by atoms with Crippen molar-refractivity contribution in [3.63, 3.8) is 0 Å². The Bertz CT molecular complexity index is 1400. The van der Waals surface area contributed by atoms with Crippen molar-refractivity contribution >= 4 is 28.6 Å². The maximum absolute atomic E-state index is 12.9. The van der Waals surface area contributed by atoms with Gasteiger partial charge >= 0.3 is 12.1 Å². The molecule has 0 aliphatic carbocycles. The molecule has 0 atom stereocenters. The summed E-state index contributed by atoms with van der Waals surface area (Å²) in [7, 11) is 0. The summed E-state index contributed by atoms with van der Waals surface area (Å²) >= 11 is 6.15. The molecule has 10 heteroatoms. The zero-order valence-corrected chi connectivity index (χ0v) is 19.8. The standard InChI is InChI=1S/C26H22ClF3N4O2/c27-21-3-1-2-19(12-21)23-16-34(36-25(35)26(28,29)30)24-22(23)13-20(14-32-24)18-6-4-17(5-7-18)15-33-10-8-31-9-11-33/h1-7,12-14,16,31H,8-11,15H2. The molecule has 0 saturated carbocycles. The molecule has 4 aromatic rings. The number of halogens is 4. The predicted octanol–water partition coefficient (Wildman–Crippen LogP) is 4.95. The Balaban J connectivity index is 1.51. The first-order valence-electron chi connectivity index (χ1n) is 11.4. The molecule has 0 bridgehead atoms. The molecule has 1 N–H and O–H groups in total. The van der Waals surface area contributed by atoms with Crippen LogP contribution in [0.25, 0.3) is 33.3 Å². The molecule has 2 aromatic heterocycles. The highest BCUT2D eigenvalue weighted by Crippen LogP contribution is 2.34. The summed E-state index contributed by atoms with van der Waals surface area (Å²) in [4.78, 5) is 22.9. The van der Waals surface area contributed by atoms with Gasteiger partial charge in [-0.05, 0) is 34.9 Å². The van der Waals surface area contributed by atoms with Crippen LogP contribution < -0.4 is 10.2 Å². The third kappa shape index (κ3) is 5.23. The Morgan fingerprint density at radius 2 is 1.78 bits per heavy atom. The molecule has 3 heterocycles. The minimum Gasteiger partial charge on any atom is -0.326 e. The summed E-state index contributed by atoms with van der Waals surface area (Å²) in [6.07, 6.45) is -2.28. The number of piperazine rings is 1. The van der Waals surface area contributed by atoms with Crippen LogP contribution in [0.4, 0.5) is 13.2 Å². The fraction of sp³-hybridized carbons (Fsp3) is 0.231. The first-order valence-corrected chi connectivity index (χ1v) is 11.7. The summed E-state index contributed by atoms with van der Waals surface area (Å²) in [6, 6.07) is 16.8. The van der Waals surface area contributed by atoms with E-state index in [-0.39, 0.29) is 5.65 Å². The number of pyridine rings is 1. The fourth-order valence-corrected chi connectivity index (χ4v) is 4.45. The van der Waals surface area contributed by atoms with E-state index in [0.29, 0.717) is 21.5 Å². The molecule has 1 aliphatic heterocycles. The second kappa shape index (κ2) is 9.93. The van der Waals surface area contributed by atoms with Gasteiger partial charge in [0.25, 0.3) is 0 Å². The van der Waals surface area contributed by atoms with Crippen LogP contribution in [-0.2, 0) is 11.3 Å². The van der Waals surface area contributed by atoms with Crippen molar-refractivity contribution in [3.05, 3.63) is 77.6 Å². The summed E-state index contributed by atoms with van der Waals surface area (Å²) in [5, 5.41) is 4.33. The molecule has 5 rings (SSSR count). The number of rotatable bonds is 5. The highest BCUT2D eigenvalue weighted by Gasteiger charge is 2.42. The van der Waals surface area contributed by atoms with Gasteiger partial charge in [0.2, 0.25) is 0 Å².